The van der Waals surface area contributed by atoms with Crippen molar-refractivity contribution in [2.75, 3.05) is 19.8 Å². The molecular weight excluding hydrogens is 443 g/mol. The minimum atomic E-state index is -0.401. The number of ether oxygens (including phenoxy) is 2. The molecule has 0 unspecified atom stereocenters. The van der Waals surface area contributed by atoms with Gasteiger partial charge in [-0.25, -0.2) is 4.39 Å². The van der Waals surface area contributed by atoms with Crippen LogP contribution in [0.5, 0.6) is 11.5 Å². The van der Waals surface area contributed by atoms with Gasteiger partial charge >= 0.3 is 0 Å². The fourth-order valence-electron chi connectivity index (χ4n) is 4.38. The van der Waals surface area contributed by atoms with E-state index in [1.165, 1.54) is 6.92 Å². The van der Waals surface area contributed by atoms with Crippen molar-refractivity contribution in [3.05, 3.63) is 82.2 Å². The Hall–Kier alpha value is -3.44. The Labute approximate surface area is 206 Å². The molecule has 0 saturated carbocycles. The van der Waals surface area contributed by atoms with Crippen LogP contribution in [0, 0.1) is 25.6 Å². The maximum atomic E-state index is 15.2. The number of hydrogen-bond donors (Lipinski definition) is 1. The lowest BCUT2D eigenvalue weighted by molar-refractivity contribution is -0.122. The number of fused-ring (bicyclic) bond motifs is 1. The number of rotatable bonds is 8. The van der Waals surface area contributed by atoms with Crippen LogP contribution in [-0.2, 0) is 11.2 Å². The van der Waals surface area contributed by atoms with Crippen LogP contribution in [0.25, 0.3) is 23.3 Å². The van der Waals surface area contributed by atoms with E-state index in [2.05, 4.69) is 31.2 Å². The lowest BCUT2D eigenvalue weighted by Gasteiger charge is -2.20. The first-order chi connectivity index (χ1) is 16.9. The maximum absolute atomic E-state index is 15.2. The van der Waals surface area contributed by atoms with Gasteiger partial charge in [0.1, 0.15) is 19.0 Å². The van der Waals surface area contributed by atoms with Crippen LogP contribution in [0.3, 0.4) is 0 Å². The number of carbonyl (C=O) groups is 1. The number of carbonyl (C=O) groups excluding carboxylic acids is 1. The Morgan fingerprint density at radius 2 is 1.80 bits per heavy atom. The fraction of sp³-hybridized carbons (Fsp3) is 0.300. The van der Waals surface area contributed by atoms with Crippen molar-refractivity contribution in [1.29, 1.82) is 0 Å². The maximum Gasteiger partial charge on any atom is 0.197 e. The molecule has 1 atom stereocenters. The smallest absolute Gasteiger partial charge is 0.197 e. The highest BCUT2D eigenvalue weighted by atomic mass is 19.1. The monoisotopic (exact) mass is 474 g/mol. The van der Waals surface area contributed by atoms with Crippen LogP contribution in [-0.4, -0.2) is 30.7 Å². The van der Waals surface area contributed by atoms with Gasteiger partial charge in [-0.05, 0) is 79.1 Å². The van der Waals surface area contributed by atoms with Crippen LogP contribution in [0.15, 0.2) is 48.5 Å². The Morgan fingerprint density at radius 3 is 2.57 bits per heavy atom. The summed E-state index contributed by atoms with van der Waals surface area (Å²) in [6.45, 7) is 6.22. The largest absolute Gasteiger partial charge is 0.486 e. The molecule has 0 aromatic heterocycles. The van der Waals surface area contributed by atoms with Crippen molar-refractivity contribution in [3.63, 3.8) is 0 Å². The zero-order valence-electron chi connectivity index (χ0n) is 20.4. The van der Waals surface area contributed by atoms with Crippen LogP contribution < -0.4 is 9.47 Å². The molecular formula is C30H31FO4. The number of ketones is 1. The zero-order chi connectivity index (χ0) is 24.9. The number of aryl methyl sites for hydroxylation is 2. The van der Waals surface area contributed by atoms with E-state index in [4.69, 9.17) is 9.47 Å². The van der Waals surface area contributed by atoms with E-state index in [-0.39, 0.29) is 24.1 Å². The minimum absolute atomic E-state index is 0.0181. The lowest BCUT2D eigenvalue weighted by Crippen LogP contribution is -2.16. The van der Waals surface area contributed by atoms with Crippen molar-refractivity contribution in [1.82, 2.24) is 0 Å². The Balaban J connectivity index is 1.59. The highest BCUT2D eigenvalue weighted by Gasteiger charge is 2.21. The molecule has 0 bridgehead atoms. The van der Waals surface area contributed by atoms with Gasteiger partial charge in [-0.2, -0.15) is 0 Å². The summed E-state index contributed by atoms with van der Waals surface area (Å²) in [7, 11) is 0. The van der Waals surface area contributed by atoms with Gasteiger partial charge in [0, 0.05) is 11.5 Å². The van der Waals surface area contributed by atoms with Crippen LogP contribution in [0.2, 0.25) is 0 Å². The molecule has 0 radical (unpaired) electrons. The number of aliphatic hydroxyl groups is 1. The summed E-state index contributed by atoms with van der Waals surface area (Å²) in [5, 5.41) is 9.42. The molecule has 0 aliphatic carbocycles. The Bertz CT molecular complexity index is 1260. The van der Waals surface area contributed by atoms with Gasteiger partial charge in [0.25, 0.3) is 0 Å². The average molecular weight is 475 g/mol. The van der Waals surface area contributed by atoms with Gasteiger partial charge in [-0.1, -0.05) is 48.6 Å². The van der Waals surface area contributed by atoms with E-state index in [1.54, 1.807) is 12.1 Å². The number of benzene rings is 3. The lowest BCUT2D eigenvalue weighted by atomic mass is 9.93. The molecule has 1 heterocycles. The second-order valence-corrected chi connectivity index (χ2v) is 9.02. The van der Waals surface area contributed by atoms with E-state index in [9.17, 15) is 9.90 Å². The molecule has 5 heteroatoms. The topological polar surface area (TPSA) is 55.8 Å². The first-order valence-corrected chi connectivity index (χ1v) is 12.0. The van der Waals surface area contributed by atoms with Gasteiger partial charge in [0.05, 0.1) is 6.61 Å². The van der Waals surface area contributed by atoms with Gasteiger partial charge in [-0.3, -0.25) is 4.79 Å². The summed E-state index contributed by atoms with van der Waals surface area (Å²) < 4.78 is 26.3. The van der Waals surface area contributed by atoms with Crippen molar-refractivity contribution in [2.24, 2.45) is 5.92 Å². The number of aliphatic hydroxyl groups excluding tert-OH is 1. The molecule has 0 saturated heterocycles. The zero-order valence-corrected chi connectivity index (χ0v) is 20.4. The fourth-order valence-corrected chi connectivity index (χ4v) is 4.38. The minimum Gasteiger partial charge on any atom is -0.486 e. The molecule has 3 aromatic rings. The molecule has 0 fully saturated rings. The molecule has 1 aliphatic rings. The predicted molar refractivity (Wildman–Crippen MR) is 137 cm³/mol. The molecule has 35 heavy (non-hydrogen) atoms. The molecule has 0 spiro atoms. The number of hydrogen-bond acceptors (Lipinski definition) is 4. The summed E-state index contributed by atoms with van der Waals surface area (Å²) >= 11 is 0. The molecule has 1 aliphatic heterocycles. The Kier molecular flexibility index (Phi) is 7.67. The van der Waals surface area contributed by atoms with Crippen molar-refractivity contribution < 1.29 is 23.8 Å². The summed E-state index contributed by atoms with van der Waals surface area (Å²) in [6.07, 6.45) is 5.47. The number of halogens is 1. The average Bonchev–Trinajstić information content (AvgIpc) is 2.86. The summed E-state index contributed by atoms with van der Waals surface area (Å²) in [5.41, 5.74) is 6.62. The van der Waals surface area contributed by atoms with E-state index >= 15 is 4.39 Å². The van der Waals surface area contributed by atoms with Gasteiger partial charge in [0.2, 0.25) is 0 Å². The van der Waals surface area contributed by atoms with Gasteiger partial charge < -0.3 is 14.6 Å². The Morgan fingerprint density at radius 1 is 1.03 bits per heavy atom. The molecule has 3 aromatic carbocycles. The van der Waals surface area contributed by atoms with Crippen LogP contribution >= 0.6 is 0 Å². The first-order valence-electron chi connectivity index (χ1n) is 12.0. The highest BCUT2D eigenvalue weighted by molar-refractivity contribution is 5.79. The third-order valence-electron chi connectivity index (χ3n) is 6.68. The van der Waals surface area contributed by atoms with Gasteiger partial charge in [-0.15, -0.1) is 0 Å². The van der Waals surface area contributed by atoms with Crippen molar-refractivity contribution in [2.45, 2.75) is 33.6 Å². The molecule has 4 nitrogen and oxygen atoms in total. The highest BCUT2D eigenvalue weighted by Crippen LogP contribution is 2.40. The van der Waals surface area contributed by atoms with Crippen molar-refractivity contribution >= 4 is 17.9 Å². The predicted octanol–water partition coefficient (Wildman–Crippen LogP) is 6.18. The molecule has 4 rings (SSSR count). The van der Waals surface area contributed by atoms with E-state index < -0.39 is 5.82 Å². The molecule has 182 valence electrons. The van der Waals surface area contributed by atoms with E-state index in [0.29, 0.717) is 30.9 Å². The van der Waals surface area contributed by atoms with Crippen molar-refractivity contribution in [3.8, 4) is 22.6 Å². The summed E-state index contributed by atoms with van der Waals surface area (Å²) in [6, 6.07) is 15.6. The number of Topliss-reactive ketones (excluding diaryl/α,β-unsaturated/α-hetero) is 1. The molecule has 1 N–H and O–H groups in total. The SMILES string of the molecule is CC(=O)[C@H](CO)CCc1ccc(C)c(/C=C/c2cccc(-c3ccc4c(c3F)OCCO4)c2C)c1. The van der Waals surface area contributed by atoms with Gasteiger partial charge in [0.15, 0.2) is 17.3 Å². The van der Waals surface area contributed by atoms with Crippen LogP contribution in [0.4, 0.5) is 4.39 Å². The third kappa shape index (κ3) is 5.46. The second-order valence-electron chi connectivity index (χ2n) is 9.02. The standard InChI is InChI=1S/C30H31FO4/c1-19-7-8-22(9-10-25(18-32)21(3)33)17-24(19)12-11-23-5-4-6-26(20(23)2)27-13-14-28-30(29(27)31)35-16-15-34-28/h4-8,11-14,17,25,32H,9-10,15-16,18H2,1-3H3/b12-11+/t25-/m0/s1. The first kappa shape index (κ1) is 24.7. The quantitative estimate of drug-likeness (QED) is 0.396. The van der Waals surface area contributed by atoms with Crippen LogP contribution in [0.1, 0.15) is 41.2 Å². The second kappa shape index (κ2) is 10.9. The summed E-state index contributed by atoms with van der Waals surface area (Å²) in [4.78, 5) is 11.6. The van der Waals surface area contributed by atoms with E-state index in [1.807, 2.05) is 31.2 Å². The molecule has 0 amide bonds. The normalized spacial score (nSPS) is 13.7. The van der Waals surface area contributed by atoms with E-state index in [0.717, 1.165) is 39.8 Å². The third-order valence-corrected chi connectivity index (χ3v) is 6.68. The summed E-state index contributed by atoms with van der Waals surface area (Å²) in [5.74, 6) is -0.0854.